The van der Waals surface area contributed by atoms with Gasteiger partial charge in [0, 0.05) is 32.3 Å². The van der Waals surface area contributed by atoms with Gasteiger partial charge >= 0.3 is 0 Å². The van der Waals surface area contributed by atoms with E-state index in [1.54, 1.807) is 19.1 Å². The molecule has 25 heavy (non-hydrogen) atoms. The van der Waals surface area contributed by atoms with Crippen molar-refractivity contribution in [3.05, 3.63) is 17.1 Å². The lowest BCUT2D eigenvalue weighted by molar-refractivity contribution is 0.199. The molecule has 0 fully saturated rings. The zero-order valence-corrected chi connectivity index (χ0v) is 16.1. The number of pyridine rings is 1. The highest BCUT2D eigenvalue weighted by Gasteiger charge is 2.22. The molecular formula is C18H29N5OS. The molecule has 0 amide bonds. The Morgan fingerprint density at radius 1 is 1.24 bits per heavy atom. The van der Waals surface area contributed by atoms with Crippen LogP contribution in [0.25, 0.3) is 11.0 Å². The molecule has 0 atom stereocenters. The minimum absolute atomic E-state index is 0.581. The van der Waals surface area contributed by atoms with E-state index in [4.69, 9.17) is 15.5 Å². The van der Waals surface area contributed by atoms with Gasteiger partial charge in [0.25, 0.3) is 0 Å². The van der Waals surface area contributed by atoms with Gasteiger partial charge in [-0.3, -0.25) is 4.72 Å². The lowest BCUT2D eigenvalue weighted by Crippen LogP contribution is -2.13. The topological polar surface area (TPSA) is 78.0 Å². The van der Waals surface area contributed by atoms with Crippen molar-refractivity contribution in [2.24, 2.45) is 0 Å². The van der Waals surface area contributed by atoms with Crippen LogP contribution in [0.2, 0.25) is 0 Å². The average molecular weight is 364 g/mol. The fourth-order valence-corrected chi connectivity index (χ4v) is 3.99. The van der Waals surface area contributed by atoms with E-state index in [2.05, 4.69) is 20.5 Å². The molecule has 0 bridgehead atoms. The van der Waals surface area contributed by atoms with E-state index in [0.29, 0.717) is 12.4 Å². The Morgan fingerprint density at radius 2 is 2.08 bits per heavy atom. The summed E-state index contributed by atoms with van der Waals surface area (Å²) in [5.41, 5.74) is 10.9. The van der Waals surface area contributed by atoms with Crippen molar-refractivity contribution in [3.63, 3.8) is 0 Å². The maximum Gasteiger partial charge on any atom is 0.151 e. The number of nitrogens with two attached hydrogens (primary N) is 1. The number of nitrogens with zero attached hydrogens (tertiary/aromatic N) is 3. The summed E-state index contributed by atoms with van der Waals surface area (Å²) in [5, 5.41) is 0. The number of ether oxygens (including phenoxy) is 1. The number of aromatic nitrogens is 3. The minimum atomic E-state index is 0.581. The fourth-order valence-electron chi connectivity index (χ4n) is 3.64. The summed E-state index contributed by atoms with van der Waals surface area (Å²) in [4.78, 5) is 9.50. The first-order valence-electron chi connectivity index (χ1n) is 9.17. The Morgan fingerprint density at radius 3 is 2.88 bits per heavy atom. The van der Waals surface area contributed by atoms with Crippen LogP contribution in [-0.4, -0.2) is 41.1 Å². The average Bonchev–Trinajstić information content (AvgIpc) is 2.99. The van der Waals surface area contributed by atoms with Crippen molar-refractivity contribution in [3.8, 4) is 0 Å². The van der Waals surface area contributed by atoms with Gasteiger partial charge < -0.3 is 15.0 Å². The molecule has 0 saturated carbocycles. The number of nitrogens with one attached hydrogen (secondary N) is 1. The number of fused-ring (bicyclic) bond motifs is 3. The zero-order valence-electron chi connectivity index (χ0n) is 15.3. The summed E-state index contributed by atoms with van der Waals surface area (Å²) >= 11 is 1.68. The maximum absolute atomic E-state index is 6.25. The van der Waals surface area contributed by atoms with Gasteiger partial charge in [-0.25, -0.2) is 9.97 Å². The van der Waals surface area contributed by atoms with Crippen LogP contribution in [0.3, 0.4) is 0 Å². The Bertz CT molecular complexity index is 715. The van der Waals surface area contributed by atoms with Crippen molar-refractivity contribution in [1.29, 1.82) is 0 Å². The lowest BCUT2D eigenvalue weighted by Gasteiger charge is -2.18. The van der Waals surface area contributed by atoms with E-state index in [0.717, 1.165) is 56.5 Å². The highest BCUT2D eigenvalue weighted by molar-refractivity contribution is 7.96. The molecule has 0 spiro atoms. The molecule has 0 aromatic carbocycles. The maximum atomic E-state index is 6.25. The SMILES string of the molecule is COCCc1nc2c(N)nc3c(c2n1CCCCNSC)CCCC3. The number of methoxy groups -OCH3 is 1. The molecular weight excluding hydrogens is 334 g/mol. The van der Waals surface area contributed by atoms with Crippen LogP contribution >= 0.6 is 11.9 Å². The van der Waals surface area contributed by atoms with E-state index in [1.807, 2.05) is 0 Å². The number of anilines is 1. The van der Waals surface area contributed by atoms with Crippen LogP contribution in [0.1, 0.15) is 42.8 Å². The Balaban J connectivity index is 1.95. The molecule has 7 heteroatoms. The van der Waals surface area contributed by atoms with E-state index in [1.165, 1.54) is 29.6 Å². The largest absolute Gasteiger partial charge is 0.384 e. The smallest absolute Gasteiger partial charge is 0.151 e. The third-order valence-corrected chi connectivity index (χ3v) is 5.35. The third-order valence-electron chi connectivity index (χ3n) is 4.85. The standard InChI is InChI=1S/C18H29N5OS/c1-24-12-9-15-22-16-17(23(15)11-6-5-10-20-25-2)13-7-3-4-8-14(13)21-18(16)19/h20H,3-12H2,1-2H3,(H2,19,21). The van der Waals surface area contributed by atoms with Crippen molar-refractivity contribution in [1.82, 2.24) is 19.3 Å². The summed E-state index contributed by atoms with van der Waals surface area (Å²) in [7, 11) is 1.73. The van der Waals surface area contributed by atoms with Crippen molar-refractivity contribution >= 4 is 28.8 Å². The number of nitrogen functional groups attached to an aromatic ring is 1. The molecule has 0 radical (unpaired) electrons. The van der Waals surface area contributed by atoms with Gasteiger partial charge in [-0.05, 0) is 50.3 Å². The van der Waals surface area contributed by atoms with Gasteiger partial charge in [0.2, 0.25) is 0 Å². The number of imidazole rings is 1. The molecule has 3 N–H and O–H groups in total. The van der Waals surface area contributed by atoms with Crippen LogP contribution in [0.4, 0.5) is 5.82 Å². The second-order valence-electron chi connectivity index (χ2n) is 6.55. The molecule has 0 aliphatic heterocycles. The van der Waals surface area contributed by atoms with Gasteiger partial charge in [-0.2, -0.15) is 0 Å². The van der Waals surface area contributed by atoms with E-state index in [9.17, 15) is 0 Å². The van der Waals surface area contributed by atoms with Gasteiger partial charge in [0.1, 0.15) is 11.3 Å². The fraction of sp³-hybridized carbons (Fsp3) is 0.667. The van der Waals surface area contributed by atoms with Gasteiger partial charge in [-0.1, -0.05) is 11.9 Å². The molecule has 0 saturated heterocycles. The normalized spacial score (nSPS) is 14.2. The first-order chi connectivity index (χ1) is 12.3. The van der Waals surface area contributed by atoms with Gasteiger partial charge in [0.15, 0.2) is 5.82 Å². The van der Waals surface area contributed by atoms with E-state index >= 15 is 0 Å². The Labute approximate surface area is 154 Å². The number of rotatable bonds is 9. The minimum Gasteiger partial charge on any atom is -0.384 e. The molecule has 1 aliphatic rings. The summed E-state index contributed by atoms with van der Waals surface area (Å²) in [6, 6.07) is 0. The van der Waals surface area contributed by atoms with Crippen LogP contribution < -0.4 is 10.5 Å². The molecule has 3 rings (SSSR count). The molecule has 138 valence electrons. The summed E-state index contributed by atoms with van der Waals surface area (Å²) in [5.74, 6) is 1.65. The van der Waals surface area contributed by atoms with Crippen LogP contribution in [0, 0.1) is 0 Å². The molecule has 6 nitrogen and oxygen atoms in total. The van der Waals surface area contributed by atoms with Crippen molar-refractivity contribution < 1.29 is 4.74 Å². The molecule has 0 unspecified atom stereocenters. The van der Waals surface area contributed by atoms with E-state index in [-0.39, 0.29) is 0 Å². The first-order valence-corrected chi connectivity index (χ1v) is 10.4. The molecule has 2 aromatic rings. The zero-order chi connectivity index (χ0) is 17.6. The molecule has 2 aromatic heterocycles. The predicted octanol–water partition coefficient (Wildman–Crippen LogP) is 2.73. The lowest BCUT2D eigenvalue weighted by atomic mass is 9.95. The Hall–Kier alpha value is -1.31. The van der Waals surface area contributed by atoms with Crippen LogP contribution in [0.15, 0.2) is 0 Å². The number of hydrogen-bond donors (Lipinski definition) is 2. The monoisotopic (exact) mass is 363 g/mol. The molecule has 2 heterocycles. The first kappa shape index (κ1) is 18.5. The van der Waals surface area contributed by atoms with E-state index < -0.39 is 0 Å². The van der Waals surface area contributed by atoms with Crippen molar-refractivity contribution in [2.45, 2.75) is 51.5 Å². The second-order valence-corrected chi connectivity index (χ2v) is 7.25. The predicted molar refractivity (Wildman–Crippen MR) is 105 cm³/mol. The third kappa shape index (κ3) is 4.10. The highest BCUT2D eigenvalue weighted by atomic mass is 32.2. The summed E-state index contributed by atoms with van der Waals surface area (Å²) in [6.45, 7) is 2.68. The quantitative estimate of drug-likeness (QED) is 0.527. The summed E-state index contributed by atoms with van der Waals surface area (Å²) < 4.78 is 11.0. The van der Waals surface area contributed by atoms with Gasteiger partial charge in [-0.15, -0.1) is 0 Å². The molecule has 1 aliphatic carbocycles. The number of aryl methyl sites for hydroxylation is 3. The summed E-state index contributed by atoms with van der Waals surface area (Å²) in [6.07, 6.45) is 9.69. The Kier molecular flexibility index (Phi) is 6.56. The van der Waals surface area contributed by atoms with Crippen molar-refractivity contribution in [2.75, 3.05) is 32.3 Å². The van der Waals surface area contributed by atoms with Crippen LogP contribution in [0.5, 0.6) is 0 Å². The number of hydrogen-bond acceptors (Lipinski definition) is 6. The van der Waals surface area contributed by atoms with Crippen LogP contribution in [-0.2, 0) is 30.5 Å². The number of unbranched alkanes of at least 4 members (excludes halogenated alkanes) is 1. The highest BCUT2D eigenvalue weighted by Crippen LogP contribution is 2.31. The second kappa shape index (κ2) is 8.87. The van der Waals surface area contributed by atoms with Gasteiger partial charge in [0.05, 0.1) is 12.1 Å².